The lowest BCUT2D eigenvalue weighted by Crippen LogP contribution is -2.57. The number of rotatable bonds is 0. The highest BCUT2D eigenvalue weighted by Crippen LogP contribution is 2.49. The van der Waals surface area contributed by atoms with Crippen LogP contribution in [-0.4, -0.2) is 48.3 Å². The number of hydrogen-bond acceptors (Lipinski definition) is 4. The molecule has 1 N–H and O–H groups in total. The molecule has 4 rings (SSSR count). The minimum absolute atomic E-state index is 0.0176. The van der Waals surface area contributed by atoms with Crippen molar-refractivity contribution in [3.63, 3.8) is 0 Å². The predicted molar refractivity (Wildman–Crippen MR) is 74.7 cm³/mol. The van der Waals surface area contributed by atoms with Crippen molar-refractivity contribution in [2.75, 3.05) is 19.7 Å². The minimum Gasteiger partial charge on any atom is -0.490 e. The Kier molecular flexibility index (Phi) is 2.60. The first kappa shape index (κ1) is 12.5. The lowest BCUT2D eigenvalue weighted by molar-refractivity contribution is -0.0181. The molecule has 0 aliphatic carbocycles. The Hall–Kier alpha value is -2.24. The van der Waals surface area contributed by atoms with Gasteiger partial charge in [0, 0.05) is 31.0 Å². The van der Waals surface area contributed by atoms with Crippen molar-refractivity contribution in [1.82, 2.24) is 4.90 Å². The molecule has 1 spiro atoms. The third kappa shape index (κ3) is 1.71. The molecule has 3 heterocycles. The number of fused-ring (bicyclic) bond motifs is 4. The van der Waals surface area contributed by atoms with Gasteiger partial charge in [0.25, 0.3) is 0 Å². The smallest absolute Gasteiger partial charge is 0.407 e. The Balaban J connectivity index is 1.80. The zero-order chi connectivity index (χ0) is 14.4. The number of piperidine rings is 1. The summed E-state index contributed by atoms with van der Waals surface area (Å²) in [6.07, 6.45) is 1.27. The summed E-state index contributed by atoms with van der Waals surface area (Å²) in [4.78, 5) is 17.3. The molecular weight excluding hydrogens is 272 g/mol. The number of aliphatic imine (C=N–C) groups is 1. The van der Waals surface area contributed by atoms with Crippen LogP contribution >= 0.6 is 0 Å². The fourth-order valence-corrected chi connectivity index (χ4v) is 3.68. The van der Waals surface area contributed by atoms with Crippen LogP contribution in [0.5, 0.6) is 5.75 Å². The summed E-state index contributed by atoms with van der Waals surface area (Å²) in [6.45, 7) is 1.37. The number of likely N-dealkylation sites (tertiary alicyclic amines) is 1. The average Bonchev–Trinajstić information content (AvgIpc) is 2.98. The van der Waals surface area contributed by atoms with E-state index >= 15 is 0 Å². The number of carbonyl (C=O) groups is 1. The fraction of sp³-hybridized carbons (Fsp3) is 0.467. The second-order valence-corrected chi connectivity index (χ2v) is 5.75. The number of amides is 1. The van der Waals surface area contributed by atoms with Crippen LogP contribution in [0.2, 0.25) is 0 Å². The summed E-state index contributed by atoms with van der Waals surface area (Å²) in [5.74, 6) is 0.821. The van der Waals surface area contributed by atoms with Gasteiger partial charge in [-0.15, -0.1) is 0 Å². The maximum Gasteiger partial charge on any atom is 0.407 e. The molecular formula is C15H16N2O4. The standard InChI is InChI=1S/C15H16N2O4/c18-14(19)17-6-5-13-11(7-17)15(8-20-9-16-15)10-3-1-2-4-12(10)21-13/h1-4,9,11,13H,5-8H2,(H,18,19)/t11?,13?,15-/m1/s1. The Morgan fingerprint density at radius 2 is 2.29 bits per heavy atom. The van der Waals surface area contributed by atoms with E-state index in [4.69, 9.17) is 9.47 Å². The van der Waals surface area contributed by atoms with Crippen LogP contribution in [0.4, 0.5) is 4.79 Å². The molecule has 3 aliphatic rings. The third-order valence-electron chi connectivity index (χ3n) is 4.73. The van der Waals surface area contributed by atoms with Crippen molar-refractivity contribution in [3.8, 4) is 5.75 Å². The average molecular weight is 288 g/mol. The first-order valence-electron chi connectivity index (χ1n) is 7.10. The quantitative estimate of drug-likeness (QED) is 0.788. The molecule has 0 aromatic heterocycles. The topological polar surface area (TPSA) is 71.4 Å². The second kappa shape index (κ2) is 4.38. The Morgan fingerprint density at radius 1 is 1.43 bits per heavy atom. The van der Waals surface area contributed by atoms with Crippen molar-refractivity contribution in [3.05, 3.63) is 29.8 Å². The van der Waals surface area contributed by atoms with E-state index < -0.39 is 11.6 Å². The van der Waals surface area contributed by atoms with Crippen LogP contribution in [0.15, 0.2) is 29.3 Å². The van der Waals surface area contributed by atoms with Crippen molar-refractivity contribution in [2.24, 2.45) is 10.9 Å². The lowest BCUT2D eigenvalue weighted by Gasteiger charge is -2.48. The van der Waals surface area contributed by atoms with Crippen LogP contribution in [0, 0.1) is 5.92 Å². The predicted octanol–water partition coefficient (Wildman–Crippen LogP) is 1.70. The first-order valence-corrected chi connectivity index (χ1v) is 7.10. The van der Waals surface area contributed by atoms with Gasteiger partial charge in [-0.1, -0.05) is 18.2 Å². The van der Waals surface area contributed by atoms with E-state index in [0.717, 1.165) is 11.3 Å². The molecule has 1 aromatic carbocycles. The highest BCUT2D eigenvalue weighted by Gasteiger charge is 2.54. The molecule has 110 valence electrons. The zero-order valence-electron chi connectivity index (χ0n) is 11.4. The molecule has 1 amide bonds. The molecule has 1 aromatic rings. The van der Waals surface area contributed by atoms with Gasteiger partial charge in [0.15, 0.2) is 6.40 Å². The summed E-state index contributed by atoms with van der Waals surface area (Å²) in [5.41, 5.74) is 0.473. The van der Waals surface area contributed by atoms with Crippen molar-refractivity contribution in [1.29, 1.82) is 0 Å². The van der Waals surface area contributed by atoms with Gasteiger partial charge in [0.05, 0.1) is 0 Å². The van der Waals surface area contributed by atoms with Gasteiger partial charge in [0.2, 0.25) is 0 Å². The van der Waals surface area contributed by atoms with Crippen molar-refractivity contribution >= 4 is 12.5 Å². The summed E-state index contributed by atoms with van der Waals surface area (Å²) in [7, 11) is 0. The van der Waals surface area contributed by atoms with Crippen LogP contribution in [0.25, 0.3) is 0 Å². The van der Waals surface area contributed by atoms with Crippen LogP contribution in [0.1, 0.15) is 12.0 Å². The maximum absolute atomic E-state index is 11.3. The lowest BCUT2D eigenvalue weighted by atomic mass is 9.71. The highest BCUT2D eigenvalue weighted by atomic mass is 16.5. The van der Waals surface area contributed by atoms with E-state index in [1.165, 1.54) is 11.3 Å². The molecule has 0 bridgehead atoms. The molecule has 6 nitrogen and oxygen atoms in total. The molecule has 2 unspecified atom stereocenters. The zero-order valence-corrected chi connectivity index (χ0v) is 11.4. The van der Waals surface area contributed by atoms with Crippen molar-refractivity contribution in [2.45, 2.75) is 18.1 Å². The summed E-state index contributed by atoms with van der Waals surface area (Å²) in [6, 6.07) is 7.84. The van der Waals surface area contributed by atoms with Gasteiger partial charge >= 0.3 is 6.09 Å². The van der Waals surface area contributed by atoms with Gasteiger partial charge in [-0.2, -0.15) is 0 Å². The van der Waals surface area contributed by atoms with E-state index in [1.54, 1.807) is 0 Å². The highest BCUT2D eigenvalue weighted by molar-refractivity contribution is 5.65. The number of ether oxygens (including phenoxy) is 2. The molecule has 21 heavy (non-hydrogen) atoms. The molecule has 1 saturated heterocycles. The third-order valence-corrected chi connectivity index (χ3v) is 4.73. The normalized spacial score (nSPS) is 33.0. The van der Waals surface area contributed by atoms with Gasteiger partial charge in [0.1, 0.15) is 24.0 Å². The number of benzene rings is 1. The molecule has 1 fully saturated rings. The second-order valence-electron chi connectivity index (χ2n) is 5.75. The summed E-state index contributed by atoms with van der Waals surface area (Å²) in [5, 5.41) is 9.27. The van der Waals surface area contributed by atoms with E-state index in [0.29, 0.717) is 26.1 Å². The molecule has 3 aliphatic heterocycles. The fourth-order valence-electron chi connectivity index (χ4n) is 3.68. The van der Waals surface area contributed by atoms with E-state index in [-0.39, 0.29) is 12.0 Å². The van der Waals surface area contributed by atoms with Crippen LogP contribution in [0.3, 0.4) is 0 Å². The number of carboxylic acid groups (broad SMARTS) is 1. The van der Waals surface area contributed by atoms with E-state index in [9.17, 15) is 9.90 Å². The molecule has 3 atom stereocenters. The Labute approximate surface area is 122 Å². The SMILES string of the molecule is O=C(O)N1CCC2Oc3ccccc3[C@]3(COC=N3)C2C1. The summed E-state index contributed by atoms with van der Waals surface area (Å²) < 4.78 is 11.5. The summed E-state index contributed by atoms with van der Waals surface area (Å²) >= 11 is 0. The molecule has 6 heteroatoms. The minimum atomic E-state index is -0.884. The van der Waals surface area contributed by atoms with E-state index in [2.05, 4.69) is 4.99 Å². The largest absolute Gasteiger partial charge is 0.490 e. The van der Waals surface area contributed by atoms with Gasteiger partial charge in [-0.25, -0.2) is 9.79 Å². The van der Waals surface area contributed by atoms with Crippen LogP contribution in [-0.2, 0) is 10.3 Å². The van der Waals surface area contributed by atoms with Crippen molar-refractivity contribution < 1.29 is 19.4 Å². The molecule has 0 saturated carbocycles. The Morgan fingerprint density at radius 3 is 3.05 bits per heavy atom. The molecule has 0 radical (unpaired) electrons. The van der Waals surface area contributed by atoms with E-state index in [1.807, 2.05) is 24.3 Å². The maximum atomic E-state index is 11.3. The first-order chi connectivity index (χ1) is 10.2. The van der Waals surface area contributed by atoms with Gasteiger partial charge < -0.3 is 19.5 Å². The van der Waals surface area contributed by atoms with Gasteiger partial charge in [-0.3, -0.25) is 0 Å². The monoisotopic (exact) mass is 288 g/mol. The Bertz CT molecular complexity index is 617. The van der Waals surface area contributed by atoms with Gasteiger partial charge in [-0.05, 0) is 6.07 Å². The number of nitrogens with zero attached hydrogens (tertiary/aromatic N) is 2. The number of para-hydroxylation sites is 1. The number of hydrogen-bond donors (Lipinski definition) is 1. The van der Waals surface area contributed by atoms with Crippen LogP contribution < -0.4 is 4.74 Å².